The Hall–Kier alpha value is -2.22. The third-order valence-corrected chi connectivity index (χ3v) is 5.39. The van der Waals surface area contributed by atoms with E-state index in [0.717, 1.165) is 12.0 Å². The Morgan fingerprint density at radius 3 is 2.75 bits per heavy atom. The van der Waals surface area contributed by atoms with Crippen LogP contribution in [-0.2, 0) is 16.4 Å². The molecule has 2 aromatic rings. The van der Waals surface area contributed by atoms with Crippen molar-refractivity contribution in [1.29, 1.82) is 0 Å². The Morgan fingerprint density at radius 1 is 1.38 bits per heavy atom. The molecule has 0 radical (unpaired) electrons. The zero-order chi connectivity index (χ0) is 17.5. The van der Waals surface area contributed by atoms with E-state index in [-0.39, 0.29) is 16.8 Å². The Balaban J connectivity index is 2.02. The van der Waals surface area contributed by atoms with Crippen LogP contribution in [0.15, 0.2) is 21.6 Å². The molecule has 130 valence electrons. The second-order valence-corrected chi connectivity index (χ2v) is 7.40. The molecular weight excluding hydrogens is 332 g/mol. The summed E-state index contributed by atoms with van der Waals surface area (Å²) in [6, 6.07) is 3.49. The van der Waals surface area contributed by atoms with Crippen LogP contribution >= 0.6 is 0 Å². The summed E-state index contributed by atoms with van der Waals surface area (Å²) >= 11 is 0. The van der Waals surface area contributed by atoms with Gasteiger partial charge in [0.25, 0.3) is 10.0 Å². The standard InChI is InChI=1S/C16H20N2O5S/c1-5-21-15-7-12-6-9(2)22-14(12)8-13(15)18-24(19,20)16-10(3)17-23-11(16)4/h7-9,18H,5-6H2,1-4H3/t9-/m1/s1. The average molecular weight is 352 g/mol. The zero-order valence-electron chi connectivity index (χ0n) is 14.0. The molecule has 1 atom stereocenters. The number of fused-ring (bicyclic) bond motifs is 1. The first kappa shape index (κ1) is 16.6. The largest absolute Gasteiger partial charge is 0.492 e. The van der Waals surface area contributed by atoms with E-state index in [2.05, 4.69) is 9.88 Å². The van der Waals surface area contributed by atoms with Crippen LogP contribution < -0.4 is 14.2 Å². The maximum atomic E-state index is 12.7. The topological polar surface area (TPSA) is 90.7 Å². The summed E-state index contributed by atoms with van der Waals surface area (Å²) in [5, 5.41) is 3.70. The highest BCUT2D eigenvalue weighted by atomic mass is 32.2. The van der Waals surface area contributed by atoms with E-state index in [4.69, 9.17) is 14.0 Å². The van der Waals surface area contributed by atoms with Gasteiger partial charge in [-0.15, -0.1) is 0 Å². The Bertz CT molecular complexity index is 853. The van der Waals surface area contributed by atoms with Gasteiger partial charge in [0, 0.05) is 18.1 Å². The predicted molar refractivity (Wildman–Crippen MR) is 88.2 cm³/mol. The molecule has 0 saturated carbocycles. The first-order valence-electron chi connectivity index (χ1n) is 7.74. The number of rotatable bonds is 5. The van der Waals surface area contributed by atoms with Gasteiger partial charge in [-0.25, -0.2) is 8.42 Å². The number of hydrogen-bond acceptors (Lipinski definition) is 6. The lowest BCUT2D eigenvalue weighted by molar-refractivity contribution is 0.254. The van der Waals surface area contributed by atoms with Gasteiger partial charge >= 0.3 is 0 Å². The van der Waals surface area contributed by atoms with Crippen molar-refractivity contribution in [3.05, 3.63) is 29.2 Å². The van der Waals surface area contributed by atoms with E-state index < -0.39 is 10.0 Å². The maximum Gasteiger partial charge on any atom is 0.267 e. The van der Waals surface area contributed by atoms with Gasteiger partial charge in [0.05, 0.1) is 12.3 Å². The highest BCUT2D eigenvalue weighted by Crippen LogP contribution is 2.39. The van der Waals surface area contributed by atoms with Crippen LogP contribution in [0.25, 0.3) is 0 Å². The van der Waals surface area contributed by atoms with E-state index in [1.165, 1.54) is 0 Å². The van der Waals surface area contributed by atoms with Crippen molar-refractivity contribution in [3.63, 3.8) is 0 Å². The molecule has 1 aromatic heterocycles. The van der Waals surface area contributed by atoms with Gasteiger partial charge in [-0.3, -0.25) is 4.72 Å². The zero-order valence-corrected chi connectivity index (χ0v) is 14.9. The molecule has 0 aliphatic carbocycles. The van der Waals surface area contributed by atoms with Gasteiger partial charge < -0.3 is 14.0 Å². The molecule has 0 amide bonds. The van der Waals surface area contributed by atoms with Gasteiger partial charge in [-0.2, -0.15) is 0 Å². The van der Waals surface area contributed by atoms with Crippen LogP contribution in [0.5, 0.6) is 11.5 Å². The fourth-order valence-corrected chi connectivity index (χ4v) is 4.24. The number of aryl methyl sites for hydroxylation is 2. The normalized spacial score (nSPS) is 16.6. The van der Waals surface area contributed by atoms with Crippen molar-refractivity contribution < 1.29 is 22.4 Å². The third kappa shape index (κ3) is 2.93. The highest BCUT2D eigenvalue weighted by molar-refractivity contribution is 7.92. The summed E-state index contributed by atoms with van der Waals surface area (Å²) in [7, 11) is -3.84. The van der Waals surface area contributed by atoms with Crippen molar-refractivity contribution in [2.75, 3.05) is 11.3 Å². The van der Waals surface area contributed by atoms with Crippen LogP contribution in [0.3, 0.4) is 0 Å². The van der Waals surface area contributed by atoms with Crippen LogP contribution in [0.4, 0.5) is 5.69 Å². The third-order valence-electron chi connectivity index (χ3n) is 3.78. The molecule has 2 heterocycles. The number of aromatic nitrogens is 1. The van der Waals surface area contributed by atoms with Crippen LogP contribution in [0.1, 0.15) is 30.9 Å². The Labute approximate surface area is 141 Å². The first-order valence-corrected chi connectivity index (χ1v) is 9.22. The molecule has 0 bridgehead atoms. The summed E-state index contributed by atoms with van der Waals surface area (Å²) < 4.78 is 44.3. The van der Waals surface area contributed by atoms with E-state index in [9.17, 15) is 8.42 Å². The molecule has 1 aliphatic heterocycles. The second kappa shape index (κ2) is 6.01. The average Bonchev–Trinajstić information content (AvgIpc) is 3.00. The molecule has 24 heavy (non-hydrogen) atoms. The highest BCUT2D eigenvalue weighted by Gasteiger charge is 2.27. The second-order valence-electron chi connectivity index (χ2n) is 5.78. The number of nitrogens with one attached hydrogen (secondary N) is 1. The molecule has 1 aromatic carbocycles. The minimum Gasteiger partial charge on any atom is -0.492 e. The van der Waals surface area contributed by atoms with Gasteiger partial charge in [0.15, 0.2) is 10.7 Å². The first-order chi connectivity index (χ1) is 11.3. The molecule has 0 saturated heterocycles. The summed E-state index contributed by atoms with van der Waals surface area (Å²) in [5.41, 5.74) is 1.65. The van der Waals surface area contributed by atoms with Gasteiger partial charge in [0.2, 0.25) is 0 Å². The van der Waals surface area contributed by atoms with E-state index in [1.54, 1.807) is 19.9 Å². The number of nitrogens with zero attached hydrogens (tertiary/aromatic N) is 1. The SMILES string of the molecule is CCOc1cc2c(cc1NS(=O)(=O)c1c(C)noc1C)O[C@H](C)C2. The van der Waals surface area contributed by atoms with Crippen LogP contribution in [0, 0.1) is 13.8 Å². The molecule has 1 N–H and O–H groups in total. The molecule has 0 fully saturated rings. The van der Waals surface area contributed by atoms with Crippen molar-refractivity contribution in [2.45, 2.75) is 45.1 Å². The lowest BCUT2D eigenvalue weighted by atomic mass is 10.1. The van der Waals surface area contributed by atoms with Crippen molar-refractivity contribution in [2.24, 2.45) is 0 Å². The number of benzene rings is 1. The summed E-state index contributed by atoms with van der Waals surface area (Å²) in [4.78, 5) is 0.0414. The van der Waals surface area contributed by atoms with Gasteiger partial charge in [0.1, 0.15) is 23.3 Å². The molecular formula is C16H20N2O5S. The number of hydrogen-bond donors (Lipinski definition) is 1. The van der Waals surface area contributed by atoms with E-state index >= 15 is 0 Å². The molecule has 0 spiro atoms. The quantitative estimate of drug-likeness (QED) is 0.890. The minimum absolute atomic E-state index is 0.0414. The molecule has 8 heteroatoms. The number of sulfonamides is 1. The van der Waals surface area contributed by atoms with Crippen molar-refractivity contribution in [3.8, 4) is 11.5 Å². The number of ether oxygens (including phenoxy) is 2. The molecule has 0 unspecified atom stereocenters. The fourth-order valence-electron chi connectivity index (χ4n) is 2.85. The van der Waals surface area contributed by atoms with E-state index in [0.29, 0.717) is 29.5 Å². The Kier molecular flexibility index (Phi) is 4.16. The summed E-state index contributed by atoms with van der Waals surface area (Å²) in [5.74, 6) is 1.38. The maximum absolute atomic E-state index is 12.7. The monoisotopic (exact) mass is 352 g/mol. The lowest BCUT2D eigenvalue weighted by Crippen LogP contribution is -2.15. The summed E-state index contributed by atoms with van der Waals surface area (Å²) in [6.45, 7) is 7.38. The number of anilines is 1. The van der Waals surface area contributed by atoms with E-state index in [1.807, 2.05) is 19.9 Å². The van der Waals surface area contributed by atoms with Crippen molar-refractivity contribution >= 4 is 15.7 Å². The fraction of sp³-hybridized carbons (Fsp3) is 0.438. The van der Waals surface area contributed by atoms with Crippen LogP contribution in [0.2, 0.25) is 0 Å². The predicted octanol–water partition coefficient (Wildman–Crippen LogP) is 2.81. The smallest absolute Gasteiger partial charge is 0.267 e. The van der Waals surface area contributed by atoms with Gasteiger partial charge in [-0.1, -0.05) is 5.16 Å². The van der Waals surface area contributed by atoms with Crippen molar-refractivity contribution in [1.82, 2.24) is 5.16 Å². The minimum atomic E-state index is -3.84. The summed E-state index contributed by atoms with van der Waals surface area (Å²) in [6.07, 6.45) is 0.829. The Morgan fingerprint density at radius 2 is 2.12 bits per heavy atom. The molecule has 7 nitrogen and oxygen atoms in total. The lowest BCUT2D eigenvalue weighted by Gasteiger charge is -2.14. The van der Waals surface area contributed by atoms with Gasteiger partial charge in [-0.05, 0) is 33.8 Å². The molecule has 3 rings (SSSR count). The molecule has 1 aliphatic rings. The van der Waals surface area contributed by atoms with Crippen LogP contribution in [-0.4, -0.2) is 26.3 Å².